The van der Waals surface area contributed by atoms with E-state index >= 15 is 0 Å². The van der Waals surface area contributed by atoms with Gasteiger partial charge in [0.15, 0.2) is 5.76 Å². The van der Waals surface area contributed by atoms with E-state index in [9.17, 15) is 19.2 Å². The highest BCUT2D eigenvalue weighted by atomic mass is 16.3. The second kappa shape index (κ2) is 11.6. The monoisotopic (exact) mass is 308 g/mol. The molecule has 1 aromatic rings. The molecule has 0 saturated carbocycles. The first-order valence-corrected chi connectivity index (χ1v) is 7.50. The Hall–Kier alpha value is -2.04. The van der Waals surface area contributed by atoms with Crippen LogP contribution in [0.2, 0.25) is 0 Å². The van der Waals surface area contributed by atoms with Crippen molar-refractivity contribution in [3.63, 3.8) is 0 Å². The van der Waals surface area contributed by atoms with Gasteiger partial charge >= 0.3 is 0 Å². The van der Waals surface area contributed by atoms with Crippen LogP contribution in [0.1, 0.15) is 69.9 Å². The molecule has 0 saturated heterocycles. The SMILES string of the molecule is CC(=O)CC(=O)c1ccco1.CCCC(=O)CC(=O)CCC. The summed E-state index contributed by atoms with van der Waals surface area (Å²) in [6.45, 7) is 5.27. The smallest absolute Gasteiger partial charge is 0.205 e. The van der Waals surface area contributed by atoms with E-state index in [2.05, 4.69) is 0 Å². The molecule has 0 bridgehead atoms. The predicted molar refractivity (Wildman–Crippen MR) is 82.8 cm³/mol. The van der Waals surface area contributed by atoms with Crippen molar-refractivity contribution in [3.8, 4) is 0 Å². The van der Waals surface area contributed by atoms with Crippen LogP contribution in [0, 0.1) is 0 Å². The average molecular weight is 308 g/mol. The number of hydrogen-bond donors (Lipinski definition) is 0. The molecule has 0 unspecified atom stereocenters. The minimum atomic E-state index is -0.262. The lowest BCUT2D eigenvalue weighted by Gasteiger charge is -1.96. The van der Waals surface area contributed by atoms with Gasteiger partial charge in [-0.2, -0.15) is 0 Å². The predicted octanol–water partition coefficient (Wildman–Crippen LogP) is 3.56. The fraction of sp³-hybridized carbons (Fsp3) is 0.529. The van der Waals surface area contributed by atoms with E-state index in [4.69, 9.17) is 4.42 Å². The van der Waals surface area contributed by atoms with Crippen molar-refractivity contribution in [2.75, 3.05) is 0 Å². The van der Waals surface area contributed by atoms with Crippen LogP contribution in [0.25, 0.3) is 0 Å². The van der Waals surface area contributed by atoms with Gasteiger partial charge in [0.05, 0.1) is 19.1 Å². The van der Waals surface area contributed by atoms with Crippen LogP contribution >= 0.6 is 0 Å². The zero-order chi connectivity index (χ0) is 17.0. The van der Waals surface area contributed by atoms with E-state index in [1.54, 1.807) is 12.1 Å². The maximum Gasteiger partial charge on any atom is 0.205 e. The lowest BCUT2D eigenvalue weighted by molar-refractivity contribution is -0.127. The Morgan fingerprint density at radius 1 is 0.955 bits per heavy atom. The molecule has 0 fully saturated rings. The fourth-order valence-corrected chi connectivity index (χ4v) is 1.70. The first-order valence-electron chi connectivity index (χ1n) is 7.50. The molecule has 0 aliphatic carbocycles. The zero-order valence-corrected chi connectivity index (χ0v) is 13.5. The summed E-state index contributed by atoms with van der Waals surface area (Å²) < 4.78 is 4.79. The molecule has 22 heavy (non-hydrogen) atoms. The number of carbonyl (C=O) groups is 4. The molecule has 0 radical (unpaired) electrons. The largest absolute Gasteiger partial charge is 0.461 e. The Morgan fingerprint density at radius 2 is 1.50 bits per heavy atom. The van der Waals surface area contributed by atoms with Gasteiger partial charge in [0.1, 0.15) is 17.3 Å². The first kappa shape index (κ1) is 20.0. The lowest BCUT2D eigenvalue weighted by atomic mass is 10.1. The van der Waals surface area contributed by atoms with Gasteiger partial charge in [0.25, 0.3) is 0 Å². The average Bonchev–Trinajstić information content (AvgIpc) is 2.92. The van der Waals surface area contributed by atoms with Gasteiger partial charge in [-0.25, -0.2) is 0 Å². The number of carbonyl (C=O) groups excluding carboxylic acids is 4. The van der Waals surface area contributed by atoms with E-state index in [1.807, 2.05) is 13.8 Å². The van der Waals surface area contributed by atoms with Gasteiger partial charge in [0.2, 0.25) is 5.78 Å². The minimum absolute atomic E-state index is 0.0759. The summed E-state index contributed by atoms with van der Waals surface area (Å²) >= 11 is 0. The summed E-state index contributed by atoms with van der Waals surface area (Å²) in [6.07, 6.45) is 4.28. The van der Waals surface area contributed by atoms with Crippen molar-refractivity contribution in [3.05, 3.63) is 24.2 Å². The van der Waals surface area contributed by atoms with Crippen molar-refractivity contribution < 1.29 is 23.6 Å². The second-order valence-corrected chi connectivity index (χ2v) is 5.03. The van der Waals surface area contributed by atoms with Crippen LogP contribution in [0.4, 0.5) is 0 Å². The third-order valence-electron chi connectivity index (χ3n) is 2.66. The molecule has 0 N–H and O–H groups in total. The molecule has 0 spiro atoms. The van der Waals surface area contributed by atoms with Crippen molar-refractivity contribution in [1.82, 2.24) is 0 Å². The zero-order valence-electron chi connectivity index (χ0n) is 13.5. The molecular weight excluding hydrogens is 284 g/mol. The van der Waals surface area contributed by atoms with Gasteiger partial charge in [-0.15, -0.1) is 0 Å². The summed E-state index contributed by atoms with van der Waals surface area (Å²) in [5, 5.41) is 0. The topological polar surface area (TPSA) is 81.4 Å². The van der Waals surface area contributed by atoms with Gasteiger partial charge < -0.3 is 4.42 Å². The number of hydrogen-bond acceptors (Lipinski definition) is 5. The molecule has 0 aliphatic heterocycles. The van der Waals surface area contributed by atoms with Crippen molar-refractivity contribution >= 4 is 23.1 Å². The van der Waals surface area contributed by atoms with Crippen LogP contribution in [-0.2, 0) is 14.4 Å². The molecule has 1 heterocycles. The van der Waals surface area contributed by atoms with E-state index in [1.165, 1.54) is 13.2 Å². The third-order valence-corrected chi connectivity index (χ3v) is 2.66. The Kier molecular flexibility index (Phi) is 10.5. The maximum absolute atomic E-state index is 11.0. The van der Waals surface area contributed by atoms with Gasteiger partial charge in [-0.1, -0.05) is 13.8 Å². The maximum atomic E-state index is 11.0. The van der Waals surface area contributed by atoms with E-state index in [0.29, 0.717) is 12.8 Å². The van der Waals surface area contributed by atoms with Gasteiger partial charge in [-0.3, -0.25) is 19.2 Å². The number of Topliss-reactive ketones (excluding diaryl/α,β-unsaturated/α-hetero) is 4. The van der Waals surface area contributed by atoms with Gasteiger partial charge in [-0.05, 0) is 31.9 Å². The number of rotatable bonds is 9. The second-order valence-electron chi connectivity index (χ2n) is 5.03. The van der Waals surface area contributed by atoms with Gasteiger partial charge in [0, 0.05) is 12.8 Å². The molecule has 0 atom stereocenters. The Balaban J connectivity index is 0.000000401. The van der Waals surface area contributed by atoms with E-state index in [0.717, 1.165) is 12.8 Å². The molecule has 5 heteroatoms. The van der Waals surface area contributed by atoms with Crippen LogP contribution in [0.5, 0.6) is 0 Å². The minimum Gasteiger partial charge on any atom is -0.461 e. The highest BCUT2D eigenvalue weighted by molar-refractivity contribution is 6.05. The fourth-order valence-electron chi connectivity index (χ4n) is 1.70. The standard InChI is InChI=1S/C9H16O2.C8H8O3/c1-3-5-8(10)7-9(11)6-4-2;1-6(9)5-7(10)8-3-2-4-11-8/h3-7H2,1-2H3;2-4H,5H2,1H3. The summed E-state index contributed by atoms with van der Waals surface area (Å²) in [5.74, 6) is 0.0194. The quantitative estimate of drug-likeness (QED) is 0.514. The molecule has 5 nitrogen and oxygen atoms in total. The highest BCUT2D eigenvalue weighted by Crippen LogP contribution is 2.03. The summed E-state index contributed by atoms with van der Waals surface area (Å²) in [7, 11) is 0. The molecular formula is C17H24O5. The highest BCUT2D eigenvalue weighted by Gasteiger charge is 2.10. The molecule has 1 rings (SSSR count). The molecule has 1 aromatic heterocycles. The Morgan fingerprint density at radius 3 is 1.86 bits per heavy atom. The first-order chi connectivity index (χ1) is 10.4. The summed E-state index contributed by atoms with van der Waals surface area (Å²) in [5.41, 5.74) is 0. The Labute approximate surface area is 131 Å². The third kappa shape index (κ3) is 9.80. The normalized spacial score (nSPS) is 9.59. The molecule has 0 amide bonds. The van der Waals surface area contributed by atoms with E-state index < -0.39 is 0 Å². The van der Waals surface area contributed by atoms with E-state index in [-0.39, 0.29) is 41.7 Å². The van der Waals surface area contributed by atoms with Crippen LogP contribution in [0.3, 0.4) is 0 Å². The molecule has 0 aliphatic rings. The van der Waals surface area contributed by atoms with Crippen LogP contribution in [0.15, 0.2) is 22.8 Å². The number of furan rings is 1. The van der Waals surface area contributed by atoms with Crippen molar-refractivity contribution in [2.24, 2.45) is 0 Å². The number of ketones is 4. The van der Waals surface area contributed by atoms with Crippen LogP contribution < -0.4 is 0 Å². The molecule has 122 valence electrons. The Bertz CT molecular complexity index is 469. The summed E-state index contributed by atoms with van der Waals surface area (Å²) in [4.78, 5) is 43.3. The van der Waals surface area contributed by atoms with Crippen molar-refractivity contribution in [1.29, 1.82) is 0 Å². The summed E-state index contributed by atoms with van der Waals surface area (Å²) in [6, 6.07) is 3.17. The molecule has 0 aromatic carbocycles. The van der Waals surface area contributed by atoms with Crippen molar-refractivity contribution in [2.45, 2.75) is 59.3 Å². The lowest BCUT2D eigenvalue weighted by Crippen LogP contribution is -2.06. The van der Waals surface area contributed by atoms with Crippen LogP contribution in [-0.4, -0.2) is 23.1 Å².